The van der Waals surface area contributed by atoms with Crippen LogP contribution in [0.2, 0.25) is 0 Å². The van der Waals surface area contributed by atoms with Gasteiger partial charge in [-0.1, -0.05) is 4.57 Å². The third-order valence-electron chi connectivity index (χ3n) is 0. The van der Waals surface area contributed by atoms with Crippen LogP contribution < -0.4 is 9.79 Å². The molecular formula is H2CaO6P2+2. The molecule has 0 saturated carbocycles. The molecule has 0 atom stereocenters. The fraction of sp³-hybridized carbons (Fsp3) is 0. The van der Waals surface area contributed by atoms with Gasteiger partial charge in [0, 0.05) is 4.57 Å². The summed E-state index contributed by atoms with van der Waals surface area (Å²) in [6, 6.07) is 0. The zero-order valence-corrected chi connectivity index (χ0v) is 8.13. The second-order valence-electron chi connectivity index (χ2n) is 0.476. The standard InChI is InChI=1S/Ca.2HO3P/c;2*1-4(2)3/h;(H-,1,2,3);(H,1,2,3)/q+2;;. The van der Waals surface area contributed by atoms with Crippen molar-refractivity contribution in [3.05, 3.63) is 0 Å². The molecule has 0 bridgehead atoms. The molecule has 0 aromatic heterocycles. The minimum Gasteiger partial charge on any atom is -0.598 e. The predicted molar refractivity (Wildman–Crippen MR) is 25.4 cm³/mol. The van der Waals surface area contributed by atoms with E-state index in [1.807, 2.05) is 0 Å². The fourth-order valence-corrected chi connectivity index (χ4v) is 0. The van der Waals surface area contributed by atoms with E-state index in [-0.39, 0.29) is 37.7 Å². The van der Waals surface area contributed by atoms with Crippen molar-refractivity contribution in [3.63, 3.8) is 0 Å². The van der Waals surface area contributed by atoms with Crippen LogP contribution in [0.5, 0.6) is 0 Å². The number of hydrogen-bond donors (Lipinski definition) is 2. The van der Waals surface area contributed by atoms with Gasteiger partial charge in [0.05, 0.1) is 0 Å². The van der Waals surface area contributed by atoms with Gasteiger partial charge in [-0.2, -0.15) is 0 Å². The van der Waals surface area contributed by atoms with Crippen molar-refractivity contribution in [2.24, 2.45) is 0 Å². The smallest absolute Gasteiger partial charge is 0.598 e. The van der Waals surface area contributed by atoms with Crippen LogP contribution >= 0.6 is 16.5 Å². The van der Waals surface area contributed by atoms with Crippen LogP contribution in [-0.2, 0) is 9.13 Å². The van der Waals surface area contributed by atoms with E-state index in [0.29, 0.717) is 0 Å². The van der Waals surface area contributed by atoms with E-state index in [0.717, 1.165) is 0 Å². The first-order valence-electron chi connectivity index (χ1n) is 1.13. The molecule has 0 heterocycles. The summed E-state index contributed by atoms with van der Waals surface area (Å²) in [5, 5.41) is 0. The Bertz CT molecular complexity index is 69.1. The van der Waals surface area contributed by atoms with Crippen LogP contribution in [0, 0.1) is 0 Å². The van der Waals surface area contributed by atoms with Gasteiger partial charge in [0.2, 0.25) is 0 Å². The molecular weight excluding hydrogens is 198 g/mol. The second kappa shape index (κ2) is 12.0. The fourth-order valence-electron chi connectivity index (χ4n) is 0. The summed E-state index contributed by atoms with van der Waals surface area (Å²) in [4.78, 5) is 31.2. The molecule has 0 aromatic rings. The minimum absolute atomic E-state index is 0. The first-order chi connectivity index (χ1) is 3.46. The van der Waals surface area contributed by atoms with E-state index in [4.69, 9.17) is 28.7 Å². The molecule has 0 aliphatic carbocycles. The molecule has 0 unspecified atom stereocenters. The van der Waals surface area contributed by atoms with Crippen molar-refractivity contribution in [1.82, 2.24) is 0 Å². The molecule has 48 valence electrons. The van der Waals surface area contributed by atoms with Crippen molar-refractivity contribution < 1.29 is 28.7 Å². The molecule has 0 radical (unpaired) electrons. The summed E-state index contributed by atoms with van der Waals surface area (Å²) in [6.07, 6.45) is 0. The zero-order valence-electron chi connectivity index (χ0n) is 4.13. The Hall–Kier alpha value is 1.30. The van der Waals surface area contributed by atoms with Crippen molar-refractivity contribution in [3.8, 4) is 0 Å². The summed E-state index contributed by atoms with van der Waals surface area (Å²) in [5.74, 6) is 0. The quantitative estimate of drug-likeness (QED) is 0.332. The Balaban J connectivity index is -0.0000000720. The molecule has 0 aromatic carbocycles. The normalized spacial score (nSPS) is 5.78. The maximum atomic E-state index is 8.70. The van der Waals surface area contributed by atoms with Crippen LogP contribution in [0.1, 0.15) is 0 Å². The summed E-state index contributed by atoms with van der Waals surface area (Å²) < 4.78 is 17.2. The molecule has 6 nitrogen and oxygen atoms in total. The van der Waals surface area contributed by atoms with E-state index >= 15 is 0 Å². The summed E-state index contributed by atoms with van der Waals surface area (Å²) in [6.45, 7) is 0. The molecule has 0 saturated heterocycles. The van der Waals surface area contributed by atoms with Crippen molar-refractivity contribution >= 4 is 54.2 Å². The van der Waals surface area contributed by atoms with E-state index in [2.05, 4.69) is 0 Å². The third kappa shape index (κ3) is 293. The molecule has 0 aliphatic heterocycles. The van der Waals surface area contributed by atoms with Gasteiger partial charge < -0.3 is 9.79 Å². The van der Waals surface area contributed by atoms with Crippen molar-refractivity contribution in [2.75, 3.05) is 0 Å². The van der Waals surface area contributed by atoms with E-state index in [1.165, 1.54) is 0 Å². The molecule has 0 rings (SSSR count). The summed E-state index contributed by atoms with van der Waals surface area (Å²) in [7, 11) is -6.24. The first-order valence-corrected chi connectivity index (χ1v) is 3.39. The van der Waals surface area contributed by atoms with Crippen molar-refractivity contribution in [1.29, 1.82) is 0 Å². The Labute approximate surface area is 82.4 Å². The SMILES string of the molecule is O=[P+](O)O.O=[P+]([O-])[O-].[Ca+2]. The van der Waals surface area contributed by atoms with E-state index in [1.54, 1.807) is 0 Å². The second-order valence-corrected chi connectivity index (χ2v) is 1.43. The third-order valence-corrected chi connectivity index (χ3v) is 0. The summed E-state index contributed by atoms with van der Waals surface area (Å²) >= 11 is 0. The van der Waals surface area contributed by atoms with Gasteiger partial charge in [-0.15, -0.1) is 9.79 Å². The molecule has 0 aliphatic rings. The Kier molecular flexibility index (Phi) is 22.3. The van der Waals surface area contributed by atoms with E-state index < -0.39 is 16.5 Å². The van der Waals surface area contributed by atoms with Gasteiger partial charge in [0.1, 0.15) is 0 Å². The topological polar surface area (TPSA) is 121 Å². The Morgan fingerprint density at radius 3 is 1.11 bits per heavy atom. The van der Waals surface area contributed by atoms with Crippen LogP contribution in [0.3, 0.4) is 0 Å². The molecule has 0 spiro atoms. The monoisotopic (exact) mass is 200 g/mol. The molecule has 2 N–H and O–H groups in total. The van der Waals surface area contributed by atoms with Gasteiger partial charge in [0.25, 0.3) is 8.25 Å². The average molecular weight is 200 g/mol. The van der Waals surface area contributed by atoms with Gasteiger partial charge in [-0.3, -0.25) is 0 Å². The van der Waals surface area contributed by atoms with Gasteiger partial charge in [-0.05, 0) is 0 Å². The zero-order chi connectivity index (χ0) is 7.15. The van der Waals surface area contributed by atoms with E-state index in [9.17, 15) is 0 Å². The Morgan fingerprint density at radius 1 is 1.11 bits per heavy atom. The predicted octanol–water partition coefficient (Wildman–Crippen LogP) is -2.39. The largest absolute Gasteiger partial charge is 2.00 e. The molecule has 0 fully saturated rings. The van der Waals surface area contributed by atoms with Gasteiger partial charge in [-0.25, -0.2) is 0 Å². The average Bonchev–Trinajstić information content (AvgIpc) is 1.25. The van der Waals surface area contributed by atoms with Crippen LogP contribution in [0.15, 0.2) is 0 Å². The maximum absolute atomic E-state index is 8.70. The van der Waals surface area contributed by atoms with Gasteiger partial charge in [0.15, 0.2) is 0 Å². The van der Waals surface area contributed by atoms with Crippen LogP contribution in [0.25, 0.3) is 0 Å². The molecule has 9 heavy (non-hydrogen) atoms. The molecule has 0 amide bonds. The number of hydrogen-bond acceptors (Lipinski definition) is 4. The van der Waals surface area contributed by atoms with Crippen LogP contribution in [0.4, 0.5) is 0 Å². The summed E-state index contributed by atoms with van der Waals surface area (Å²) in [5.41, 5.74) is 0. The van der Waals surface area contributed by atoms with Crippen LogP contribution in [-0.4, -0.2) is 47.5 Å². The van der Waals surface area contributed by atoms with Gasteiger partial charge >= 0.3 is 46.0 Å². The minimum atomic E-state index is -3.37. The Morgan fingerprint density at radius 2 is 1.11 bits per heavy atom. The first kappa shape index (κ1) is 16.7. The van der Waals surface area contributed by atoms with Crippen molar-refractivity contribution in [2.45, 2.75) is 0 Å². The number of rotatable bonds is 0. The molecule has 9 heteroatoms. The maximum Gasteiger partial charge on any atom is 2.00 e.